The fourth-order valence-electron chi connectivity index (χ4n) is 0.974. The summed E-state index contributed by atoms with van der Waals surface area (Å²) in [5, 5.41) is 13.5. The van der Waals surface area contributed by atoms with Crippen LogP contribution in [0.2, 0.25) is 0 Å². The van der Waals surface area contributed by atoms with Crippen LogP contribution in [0.4, 0.5) is 0 Å². The molecule has 6 heteroatoms. The Morgan fingerprint density at radius 2 is 2.46 bits per heavy atom. The van der Waals surface area contributed by atoms with Gasteiger partial charge in [-0.25, -0.2) is 0 Å². The van der Waals surface area contributed by atoms with Gasteiger partial charge in [-0.2, -0.15) is 5.21 Å². The third-order valence-corrected chi connectivity index (χ3v) is 1.60. The van der Waals surface area contributed by atoms with E-state index >= 15 is 0 Å². The Balaban J connectivity index is 2.59. The van der Waals surface area contributed by atoms with Crippen LogP contribution in [0, 0.1) is 0 Å². The minimum atomic E-state index is -0.120. The summed E-state index contributed by atoms with van der Waals surface area (Å²) in [6, 6.07) is -0.120. The Morgan fingerprint density at radius 1 is 1.69 bits per heavy atom. The number of aliphatic imine (C=N–C) groups is 1. The van der Waals surface area contributed by atoms with Crippen molar-refractivity contribution in [3.8, 4) is 0 Å². The molecule has 0 amide bonds. The third-order valence-electron chi connectivity index (χ3n) is 1.60. The number of hydrogen-bond donors (Lipinski definition) is 2. The van der Waals surface area contributed by atoms with Crippen molar-refractivity contribution >= 4 is 5.84 Å². The molecular formula is C7H14N6. The molecule has 0 radical (unpaired) electrons. The number of rotatable bonds is 4. The van der Waals surface area contributed by atoms with Gasteiger partial charge in [-0.1, -0.05) is 12.1 Å². The van der Waals surface area contributed by atoms with Gasteiger partial charge < -0.3 is 5.73 Å². The first-order valence-corrected chi connectivity index (χ1v) is 4.29. The van der Waals surface area contributed by atoms with Gasteiger partial charge in [-0.05, 0) is 13.3 Å². The van der Waals surface area contributed by atoms with Crippen molar-refractivity contribution in [2.24, 2.45) is 10.7 Å². The first kappa shape index (κ1) is 9.63. The van der Waals surface area contributed by atoms with E-state index in [0.717, 1.165) is 12.8 Å². The van der Waals surface area contributed by atoms with E-state index in [2.05, 4.69) is 32.5 Å². The summed E-state index contributed by atoms with van der Waals surface area (Å²) in [5.41, 5.74) is 5.66. The van der Waals surface area contributed by atoms with Gasteiger partial charge in [-0.15, -0.1) is 10.2 Å². The lowest BCUT2D eigenvalue weighted by Crippen LogP contribution is -2.12. The zero-order chi connectivity index (χ0) is 9.68. The Labute approximate surface area is 76.6 Å². The predicted molar refractivity (Wildman–Crippen MR) is 49.1 cm³/mol. The summed E-state index contributed by atoms with van der Waals surface area (Å²) < 4.78 is 0. The lowest BCUT2D eigenvalue weighted by atomic mass is 10.3. The lowest BCUT2D eigenvalue weighted by molar-refractivity contribution is 0.737. The number of aromatic amines is 1. The average Bonchev–Trinajstić information content (AvgIpc) is 2.55. The van der Waals surface area contributed by atoms with Gasteiger partial charge in [0.2, 0.25) is 0 Å². The molecule has 0 fully saturated rings. The Hall–Kier alpha value is -1.46. The predicted octanol–water partition coefficient (Wildman–Crippen LogP) is 0.418. The van der Waals surface area contributed by atoms with Crippen LogP contribution in [0.15, 0.2) is 4.99 Å². The highest BCUT2D eigenvalue weighted by atomic mass is 15.5. The topological polar surface area (TPSA) is 92.8 Å². The first-order valence-electron chi connectivity index (χ1n) is 4.29. The van der Waals surface area contributed by atoms with Crippen molar-refractivity contribution in [2.75, 3.05) is 0 Å². The standard InChI is InChI=1S/C7H14N6/c1-3-4-6(8)9-5(2)7-10-12-13-11-7/h5H,3-4H2,1-2H3,(H2,8,9)(H,10,11,12,13). The number of nitrogens with two attached hydrogens (primary N) is 1. The highest BCUT2D eigenvalue weighted by Crippen LogP contribution is 2.09. The molecule has 0 spiro atoms. The van der Waals surface area contributed by atoms with E-state index < -0.39 is 0 Å². The van der Waals surface area contributed by atoms with Crippen LogP contribution in [0.3, 0.4) is 0 Å². The SMILES string of the molecule is CCCC(N)=NC(C)c1nn[nH]n1. The fraction of sp³-hybridized carbons (Fsp3) is 0.714. The Bertz CT molecular complexity index is 265. The molecular weight excluding hydrogens is 168 g/mol. The van der Waals surface area contributed by atoms with E-state index in [4.69, 9.17) is 5.73 Å². The van der Waals surface area contributed by atoms with Crippen molar-refractivity contribution in [1.82, 2.24) is 20.6 Å². The first-order chi connectivity index (χ1) is 6.24. The normalized spacial score (nSPS) is 14.5. The van der Waals surface area contributed by atoms with Crippen LogP contribution in [0.25, 0.3) is 0 Å². The van der Waals surface area contributed by atoms with E-state index in [1.807, 2.05) is 6.92 Å². The van der Waals surface area contributed by atoms with Gasteiger partial charge in [0.15, 0.2) is 5.82 Å². The van der Waals surface area contributed by atoms with Crippen LogP contribution < -0.4 is 5.73 Å². The summed E-state index contributed by atoms with van der Waals surface area (Å²) in [6.45, 7) is 3.94. The second-order valence-electron chi connectivity index (χ2n) is 2.82. The zero-order valence-electron chi connectivity index (χ0n) is 7.86. The maximum Gasteiger partial charge on any atom is 0.198 e. The minimum absolute atomic E-state index is 0.120. The molecule has 0 saturated carbocycles. The van der Waals surface area contributed by atoms with Crippen molar-refractivity contribution in [2.45, 2.75) is 32.7 Å². The van der Waals surface area contributed by atoms with E-state index in [0.29, 0.717) is 11.7 Å². The van der Waals surface area contributed by atoms with Crippen molar-refractivity contribution in [1.29, 1.82) is 0 Å². The molecule has 0 aliphatic carbocycles. The van der Waals surface area contributed by atoms with Crippen LogP contribution in [-0.2, 0) is 0 Å². The number of tetrazole rings is 1. The second-order valence-corrected chi connectivity index (χ2v) is 2.82. The Kier molecular flexibility index (Phi) is 3.36. The second kappa shape index (κ2) is 4.54. The third kappa shape index (κ3) is 2.81. The van der Waals surface area contributed by atoms with Crippen LogP contribution in [0.5, 0.6) is 0 Å². The number of nitrogens with one attached hydrogen (secondary N) is 1. The highest BCUT2D eigenvalue weighted by Gasteiger charge is 2.08. The molecule has 0 aliphatic heterocycles. The number of hydrogen-bond acceptors (Lipinski definition) is 4. The van der Waals surface area contributed by atoms with Crippen LogP contribution in [-0.4, -0.2) is 26.5 Å². The summed E-state index contributed by atoms with van der Waals surface area (Å²) in [4.78, 5) is 4.22. The van der Waals surface area contributed by atoms with Crippen molar-refractivity contribution in [3.05, 3.63) is 5.82 Å². The molecule has 6 nitrogen and oxygen atoms in total. The Morgan fingerprint density at radius 3 is 3.00 bits per heavy atom. The van der Waals surface area contributed by atoms with E-state index in [1.54, 1.807) is 0 Å². The summed E-state index contributed by atoms with van der Waals surface area (Å²) in [6.07, 6.45) is 1.80. The molecule has 1 aromatic heterocycles. The molecule has 1 unspecified atom stereocenters. The summed E-state index contributed by atoms with van der Waals surface area (Å²) in [7, 11) is 0. The molecule has 1 aromatic rings. The molecule has 13 heavy (non-hydrogen) atoms. The van der Waals surface area contributed by atoms with Gasteiger partial charge >= 0.3 is 0 Å². The molecule has 1 atom stereocenters. The molecule has 72 valence electrons. The molecule has 3 N–H and O–H groups in total. The molecule has 0 aromatic carbocycles. The van der Waals surface area contributed by atoms with Gasteiger partial charge in [0.1, 0.15) is 6.04 Å². The van der Waals surface area contributed by atoms with Gasteiger partial charge in [-0.3, -0.25) is 4.99 Å². The monoisotopic (exact) mass is 182 g/mol. The van der Waals surface area contributed by atoms with E-state index in [9.17, 15) is 0 Å². The number of nitrogens with zero attached hydrogens (tertiary/aromatic N) is 4. The van der Waals surface area contributed by atoms with Crippen LogP contribution in [0.1, 0.15) is 38.6 Å². The molecule has 0 saturated heterocycles. The number of amidine groups is 1. The van der Waals surface area contributed by atoms with Crippen molar-refractivity contribution < 1.29 is 0 Å². The average molecular weight is 182 g/mol. The van der Waals surface area contributed by atoms with Gasteiger partial charge in [0.25, 0.3) is 0 Å². The summed E-state index contributed by atoms with van der Waals surface area (Å²) >= 11 is 0. The smallest absolute Gasteiger partial charge is 0.198 e. The van der Waals surface area contributed by atoms with Gasteiger partial charge in [0, 0.05) is 6.42 Å². The maximum atomic E-state index is 5.66. The highest BCUT2D eigenvalue weighted by molar-refractivity contribution is 5.80. The van der Waals surface area contributed by atoms with Crippen LogP contribution >= 0.6 is 0 Å². The molecule has 0 bridgehead atoms. The lowest BCUT2D eigenvalue weighted by Gasteiger charge is -2.02. The maximum absolute atomic E-state index is 5.66. The zero-order valence-corrected chi connectivity index (χ0v) is 7.86. The van der Waals surface area contributed by atoms with Crippen molar-refractivity contribution in [3.63, 3.8) is 0 Å². The quantitative estimate of drug-likeness (QED) is 0.521. The molecule has 1 heterocycles. The fourth-order valence-corrected chi connectivity index (χ4v) is 0.974. The molecule has 1 rings (SSSR count). The minimum Gasteiger partial charge on any atom is -0.387 e. The number of H-pyrrole nitrogens is 1. The largest absolute Gasteiger partial charge is 0.387 e. The molecule has 0 aliphatic rings. The van der Waals surface area contributed by atoms with Gasteiger partial charge in [0.05, 0.1) is 5.84 Å². The van der Waals surface area contributed by atoms with E-state index in [-0.39, 0.29) is 6.04 Å². The summed E-state index contributed by atoms with van der Waals surface area (Å²) in [5.74, 6) is 1.21. The van der Waals surface area contributed by atoms with E-state index in [1.165, 1.54) is 0 Å². The number of aromatic nitrogens is 4.